The zero-order valence-corrected chi connectivity index (χ0v) is 18.9. The molecular weight excluding hydrogens is 456 g/mol. The van der Waals surface area contributed by atoms with E-state index in [1.807, 2.05) is 60.7 Å². The zero-order chi connectivity index (χ0) is 22.1. The maximum Gasteiger partial charge on any atom is 0.269 e. The van der Waals surface area contributed by atoms with E-state index < -0.39 is 11.8 Å². The van der Waals surface area contributed by atoms with Crippen molar-refractivity contribution in [2.45, 2.75) is 25.7 Å². The summed E-state index contributed by atoms with van der Waals surface area (Å²) >= 11 is 3.44. The van der Waals surface area contributed by atoms with Gasteiger partial charge in [-0.15, -0.1) is 0 Å². The number of nitrogens with one attached hydrogen (secondary N) is 2. The van der Waals surface area contributed by atoms with Crippen LogP contribution in [0.25, 0.3) is 0 Å². The van der Waals surface area contributed by atoms with E-state index in [2.05, 4.69) is 33.7 Å². The van der Waals surface area contributed by atoms with Gasteiger partial charge in [-0.05, 0) is 51.7 Å². The van der Waals surface area contributed by atoms with Crippen LogP contribution in [0, 0.1) is 0 Å². The van der Waals surface area contributed by atoms with Crippen LogP contribution in [0.15, 0.2) is 83.3 Å². The molecule has 0 saturated heterocycles. The van der Waals surface area contributed by atoms with Crippen molar-refractivity contribution in [3.8, 4) is 5.75 Å². The number of carbonyl (C=O) groups excluding carboxylic acids is 2. The Labute approximate surface area is 190 Å². The highest BCUT2D eigenvalue weighted by atomic mass is 79.9. The van der Waals surface area contributed by atoms with E-state index >= 15 is 0 Å². The van der Waals surface area contributed by atoms with Gasteiger partial charge in [-0.25, -0.2) is 0 Å². The molecule has 0 bridgehead atoms. The van der Waals surface area contributed by atoms with Crippen LogP contribution in [-0.2, 0) is 4.79 Å². The highest BCUT2D eigenvalue weighted by Crippen LogP contribution is 2.27. The van der Waals surface area contributed by atoms with Crippen molar-refractivity contribution in [3.63, 3.8) is 0 Å². The summed E-state index contributed by atoms with van der Waals surface area (Å²) in [7, 11) is 0. The van der Waals surface area contributed by atoms with Gasteiger partial charge in [-0.1, -0.05) is 74.0 Å². The molecule has 6 heteroatoms. The summed E-state index contributed by atoms with van der Waals surface area (Å²) in [6.07, 6.45) is 2.01. The minimum Gasteiger partial charge on any atom is -0.492 e. The summed E-state index contributed by atoms with van der Waals surface area (Å²) in [5, 5.41) is 0. The summed E-state index contributed by atoms with van der Waals surface area (Å²) in [5.74, 6) is -0.579. The number of unbranched alkanes of at least 4 members (excludes halogenated alkanes) is 1. The smallest absolute Gasteiger partial charge is 0.269 e. The second-order valence-corrected chi connectivity index (χ2v) is 7.90. The van der Waals surface area contributed by atoms with E-state index in [1.165, 1.54) is 0 Å². The van der Waals surface area contributed by atoms with Gasteiger partial charge >= 0.3 is 0 Å². The minimum absolute atomic E-state index is 0.315. The lowest BCUT2D eigenvalue weighted by Crippen LogP contribution is -2.44. The first-order valence-electron chi connectivity index (χ1n) is 10.2. The molecule has 0 aliphatic rings. The Bertz CT molecular complexity index is 970. The zero-order valence-electron chi connectivity index (χ0n) is 17.3. The van der Waals surface area contributed by atoms with Crippen molar-refractivity contribution in [3.05, 3.63) is 100 Å². The van der Waals surface area contributed by atoms with Gasteiger partial charge in [0.15, 0.2) is 0 Å². The van der Waals surface area contributed by atoms with Gasteiger partial charge in [0, 0.05) is 5.56 Å². The van der Waals surface area contributed by atoms with Crippen LogP contribution in [-0.4, -0.2) is 18.4 Å². The average molecular weight is 481 g/mol. The molecule has 0 aliphatic heterocycles. The third-order valence-electron chi connectivity index (χ3n) is 4.78. The molecule has 0 radical (unpaired) electrons. The molecule has 3 rings (SSSR count). The van der Waals surface area contributed by atoms with Gasteiger partial charge in [0.25, 0.3) is 5.91 Å². The lowest BCUT2D eigenvalue weighted by atomic mass is 9.91. The Hall–Kier alpha value is -3.12. The quantitative estimate of drug-likeness (QED) is 0.343. The molecule has 0 fully saturated rings. The van der Waals surface area contributed by atoms with Gasteiger partial charge in [0.2, 0.25) is 5.91 Å². The van der Waals surface area contributed by atoms with Crippen molar-refractivity contribution in [1.82, 2.24) is 10.9 Å². The molecule has 0 spiro atoms. The molecule has 3 aromatic rings. The molecule has 2 amide bonds. The second kappa shape index (κ2) is 11.3. The fourth-order valence-electron chi connectivity index (χ4n) is 3.13. The van der Waals surface area contributed by atoms with Crippen molar-refractivity contribution in [2.24, 2.45) is 0 Å². The van der Waals surface area contributed by atoms with Crippen LogP contribution in [0.2, 0.25) is 0 Å². The predicted molar refractivity (Wildman–Crippen MR) is 125 cm³/mol. The Morgan fingerprint density at radius 1 is 0.903 bits per heavy atom. The third-order valence-corrected chi connectivity index (χ3v) is 5.40. The van der Waals surface area contributed by atoms with Crippen molar-refractivity contribution in [2.75, 3.05) is 6.61 Å². The number of rotatable bonds is 8. The minimum atomic E-state index is -0.538. The van der Waals surface area contributed by atoms with E-state index in [9.17, 15) is 9.59 Å². The third kappa shape index (κ3) is 6.18. The van der Waals surface area contributed by atoms with Crippen molar-refractivity contribution in [1.29, 1.82) is 0 Å². The fourth-order valence-corrected chi connectivity index (χ4v) is 3.63. The maximum atomic E-state index is 13.0. The van der Waals surface area contributed by atoms with Gasteiger partial charge in [-0.2, -0.15) is 0 Å². The molecule has 160 valence electrons. The first kappa shape index (κ1) is 22.6. The SMILES string of the molecule is CCCCOc1ccc(C(=O)NNC(=O)C(c2ccccc2)c2ccccc2)cc1Br. The number of hydrogen-bond donors (Lipinski definition) is 2. The summed E-state index contributed by atoms with van der Waals surface area (Å²) < 4.78 is 6.38. The lowest BCUT2D eigenvalue weighted by Gasteiger charge is -2.18. The number of benzene rings is 3. The molecule has 31 heavy (non-hydrogen) atoms. The Morgan fingerprint density at radius 2 is 1.52 bits per heavy atom. The fraction of sp³-hybridized carbons (Fsp3) is 0.200. The molecule has 0 aromatic heterocycles. The molecule has 3 aromatic carbocycles. The van der Waals surface area contributed by atoms with Gasteiger partial charge in [-0.3, -0.25) is 20.4 Å². The summed E-state index contributed by atoms with van der Waals surface area (Å²) in [6, 6.07) is 24.0. The second-order valence-electron chi connectivity index (χ2n) is 7.04. The summed E-state index contributed by atoms with van der Waals surface area (Å²) in [5.41, 5.74) is 7.18. The number of ether oxygens (including phenoxy) is 1. The highest BCUT2D eigenvalue weighted by molar-refractivity contribution is 9.10. The number of amides is 2. The van der Waals surface area contributed by atoms with Crippen LogP contribution >= 0.6 is 15.9 Å². The largest absolute Gasteiger partial charge is 0.492 e. The Balaban J connectivity index is 1.68. The van der Waals surface area contributed by atoms with E-state index in [4.69, 9.17) is 4.74 Å². The number of halogens is 1. The molecule has 0 heterocycles. The highest BCUT2D eigenvalue weighted by Gasteiger charge is 2.23. The number of carbonyl (C=O) groups is 2. The van der Waals surface area contributed by atoms with Gasteiger partial charge in [0.1, 0.15) is 5.75 Å². The Morgan fingerprint density at radius 3 is 2.06 bits per heavy atom. The molecular formula is C25H25BrN2O3. The van der Waals surface area contributed by atoms with Crippen LogP contribution in [0.3, 0.4) is 0 Å². The maximum absolute atomic E-state index is 13.0. The van der Waals surface area contributed by atoms with Crippen molar-refractivity contribution < 1.29 is 14.3 Å². The summed E-state index contributed by atoms with van der Waals surface area (Å²) in [6.45, 7) is 2.72. The van der Waals surface area contributed by atoms with Gasteiger partial charge < -0.3 is 4.74 Å². The lowest BCUT2D eigenvalue weighted by molar-refractivity contribution is -0.122. The molecule has 0 saturated carbocycles. The molecule has 0 unspecified atom stereocenters. The van der Waals surface area contributed by atoms with Gasteiger partial charge in [0.05, 0.1) is 17.0 Å². The van der Waals surface area contributed by atoms with Crippen LogP contribution in [0.4, 0.5) is 0 Å². The first-order chi connectivity index (χ1) is 15.1. The van der Waals surface area contributed by atoms with Crippen LogP contribution in [0.5, 0.6) is 5.75 Å². The topological polar surface area (TPSA) is 67.4 Å². The summed E-state index contributed by atoms with van der Waals surface area (Å²) in [4.78, 5) is 25.6. The van der Waals surface area contributed by atoms with E-state index in [-0.39, 0.29) is 5.91 Å². The van der Waals surface area contributed by atoms with E-state index in [0.717, 1.165) is 24.0 Å². The standard InChI is InChI=1S/C25H25BrN2O3/c1-2-3-16-31-22-15-14-20(17-21(22)26)24(29)27-28-25(30)23(18-10-6-4-7-11-18)19-12-8-5-9-13-19/h4-15,17,23H,2-3,16H2,1H3,(H,27,29)(H,28,30). The van der Waals surface area contributed by atoms with Crippen LogP contribution in [0.1, 0.15) is 47.2 Å². The van der Waals surface area contributed by atoms with E-state index in [0.29, 0.717) is 22.4 Å². The monoisotopic (exact) mass is 480 g/mol. The van der Waals surface area contributed by atoms with Crippen molar-refractivity contribution >= 4 is 27.7 Å². The number of hydrogen-bond acceptors (Lipinski definition) is 3. The molecule has 5 nitrogen and oxygen atoms in total. The van der Waals surface area contributed by atoms with E-state index in [1.54, 1.807) is 18.2 Å². The average Bonchev–Trinajstić information content (AvgIpc) is 2.80. The predicted octanol–water partition coefficient (Wildman–Crippen LogP) is 5.22. The normalized spacial score (nSPS) is 10.5. The first-order valence-corrected chi connectivity index (χ1v) is 11.0. The number of hydrazine groups is 1. The Kier molecular flexibility index (Phi) is 8.24. The molecule has 2 N–H and O–H groups in total. The molecule has 0 aliphatic carbocycles. The van der Waals surface area contributed by atoms with Crippen LogP contribution < -0.4 is 15.6 Å². The molecule has 0 atom stereocenters.